The third kappa shape index (κ3) is 4.46. The minimum Gasteiger partial charge on any atom is -0.378 e. The van der Waals surface area contributed by atoms with E-state index in [1.165, 1.54) is 0 Å². The largest absolute Gasteiger partial charge is 0.391 e. The molecular formula is C15H13ClF3N. The Morgan fingerprint density at radius 1 is 1.00 bits per heavy atom. The molecule has 0 amide bonds. The molecule has 2 aromatic carbocycles. The zero-order valence-electron chi connectivity index (χ0n) is 10.5. The smallest absolute Gasteiger partial charge is 0.378 e. The summed E-state index contributed by atoms with van der Waals surface area (Å²) in [6, 6.07) is 14.4. The molecule has 0 aliphatic rings. The van der Waals surface area contributed by atoms with Gasteiger partial charge in [-0.25, -0.2) is 0 Å². The summed E-state index contributed by atoms with van der Waals surface area (Å²) in [5.41, 5.74) is 1.15. The summed E-state index contributed by atoms with van der Waals surface area (Å²) in [6.45, 7) is 0. The van der Waals surface area contributed by atoms with E-state index in [4.69, 9.17) is 11.6 Å². The lowest BCUT2D eigenvalue weighted by Crippen LogP contribution is -2.20. The van der Waals surface area contributed by atoms with E-state index in [-0.39, 0.29) is 0 Å². The van der Waals surface area contributed by atoms with Gasteiger partial charge in [0.05, 0.1) is 12.5 Å². The number of rotatable bonds is 4. The van der Waals surface area contributed by atoms with Crippen molar-refractivity contribution in [1.29, 1.82) is 0 Å². The van der Waals surface area contributed by atoms with Gasteiger partial charge in [0.2, 0.25) is 0 Å². The molecule has 2 rings (SSSR count). The zero-order chi connectivity index (χ0) is 14.6. The molecule has 1 atom stereocenters. The molecule has 0 fully saturated rings. The van der Waals surface area contributed by atoms with Crippen molar-refractivity contribution in [2.24, 2.45) is 0 Å². The minimum atomic E-state index is -4.24. The van der Waals surface area contributed by atoms with Crippen LogP contribution in [0.3, 0.4) is 0 Å². The van der Waals surface area contributed by atoms with Gasteiger partial charge in [-0.15, -0.1) is 0 Å². The van der Waals surface area contributed by atoms with Crippen molar-refractivity contribution in [3.63, 3.8) is 0 Å². The lowest BCUT2D eigenvalue weighted by Gasteiger charge is -2.22. The molecule has 5 heteroatoms. The van der Waals surface area contributed by atoms with Gasteiger partial charge in [-0.1, -0.05) is 48.0 Å². The van der Waals surface area contributed by atoms with Crippen molar-refractivity contribution in [3.05, 3.63) is 65.2 Å². The van der Waals surface area contributed by atoms with Gasteiger partial charge < -0.3 is 5.32 Å². The summed E-state index contributed by atoms with van der Waals surface area (Å²) in [6.07, 6.45) is -5.18. The van der Waals surface area contributed by atoms with Crippen LogP contribution in [0.5, 0.6) is 0 Å². The van der Waals surface area contributed by atoms with E-state index >= 15 is 0 Å². The summed E-state index contributed by atoms with van der Waals surface area (Å²) in [5.74, 6) is 0. The first kappa shape index (κ1) is 14.7. The van der Waals surface area contributed by atoms with Crippen LogP contribution in [-0.2, 0) is 0 Å². The second-order valence-electron chi connectivity index (χ2n) is 4.44. The summed E-state index contributed by atoms with van der Waals surface area (Å²) in [4.78, 5) is 0. The molecule has 0 saturated heterocycles. The van der Waals surface area contributed by atoms with Crippen LogP contribution in [0, 0.1) is 0 Å². The van der Waals surface area contributed by atoms with E-state index < -0.39 is 18.6 Å². The highest BCUT2D eigenvalue weighted by molar-refractivity contribution is 6.30. The third-order valence-corrected chi connectivity index (χ3v) is 3.04. The number of benzene rings is 2. The van der Waals surface area contributed by atoms with Gasteiger partial charge in [0.1, 0.15) is 0 Å². The second-order valence-corrected chi connectivity index (χ2v) is 4.87. The fourth-order valence-electron chi connectivity index (χ4n) is 1.95. The monoisotopic (exact) mass is 299 g/mol. The number of hydrogen-bond donors (Lipinski definition) is 1. The first-order valence-corrected chi connectivity index (χ1v) is 6.46. The standard InChI is InChI=1S/C15H13ClF3N/c16-12-7-4-8-13(9-12)20-14(10-15(17,18)19)11-5-2-1-3-6-11/h1-9,14,20H,10H2. The highest BCUT2D eigenvalue weighted by atomic mass is 35.5. The fraction of sp³-hybridized carbons (Fsp3) is 0.200. The minimum absolute atomic E-state index is 0.480. The molecule has 1 N–H and O–H groups in total. The van der Waals surface area contributed by atoms with E-state index in [9.17, 15) is 13.2 Å². The number of hydrogen-bond acceptors (Lipinski definition) is 1. The molecule has 0 bridgehead atoms. The first-order chi connectivity index (χ1) is 9.44. The van der Waals surface area contributed by atoms with Crippen molar-refractivity contribution in [2.75, 3.05) is 5.32 Å². The van der Waals surface area contributed by atoms with Gasteiger partial charge in [0.15, 0.2) is 0 Å². The Bertz CT molecular complexity index is 555. The van der Waals surface area contributed by atoms with Gasteiger partial charge in [-0.05, 0) is 23.8 Å². The Morgan fingerprint density at radius 2 is 1.70 bits per heavy atom. The van der Waals surface area contributed by atoms with Gasteiger partial charge in [0, 0.05) is 10.7 Å². The maximum absolute atomic E-state index is 12.7. The van der Waals surface area contributed by atoms with E-state index in [0.29, 0.717) is 16.3 Å². The Labute approximate surface area is 120 Å². The molecule has 1 nitrogen and oxygen atoms in total. The Balaban J connectivity index is 2.23. The van der Waals surface area contributed by atoms with Crippen LogP contribution in [0.25, 0.3) is 0 Å². The van der Waals surface area contributed by atoms with E-state index in [1.807, 2.05) is 0 Å². The van der Waals surface area contributed by atoms with Gasteiger partial charge in [-0.3, -0.25) is 0 Å². The van der Waals surface area contributed by atoms with Gasteiger partial charge in [0.25, 0.3) is 0 Å². The van der Waals surface area contributed by atoms with Crippen LogP contribution in [0.4, 0.5) is 18.9 Å². The highest BCUT2D eigenvalue weighted by Gasteiger charge is 2.32. The molecule has 0 saturated carbocycles. The Morgan fingerprint density at radius 3 is 2.30 bits per heavy atom. The van der Waals surface area contributed by atoms with Gasteiger partial charge in [-0.2, -0.15) is 13.2 Å². The van der Waals surface area contributed by atoms with Crippen LogP contribution in [0.2, 0.25) is 5.02 Å². The topological polar surface area (TPSA) is 12.0 Å². The fourth-order valence-corrected chi connectivity index (χ4v) is 2.14. The lowest BCUT2D eigenvalue weighted by molar-refractivity contribution is -0.137. The lowest BCUT2D eigenvalue weighted by atomic mass is 10.0. The number of anilines is 1. The predicted molar refractivity (Wildman–Crippen MR) is 74.9 cm³/mol. The molecule has 20 heavy (non-hydrogen) atoms. The first-order valence-electron chi connectivity index (χ1n) is 6.08. The molecule has 0 heterocycles. The van der Waals surface area contributed by atoms with E-state index in [0.717, 1.165) is 0 Å². The van der Waals surface area contributed by atoms with Crippen molar-refractivity contribution >= 4 is 17.3 Å². The zero-order valence-corrected chi connectivity index (χ0v) is 11.2. The normalized spacial score (nSPS) is 13.0. The third-order valence-electron chi connectivity index (χ3n) is 2.80. The molecule has 106 valence electrons. The maximum Gasteiger partial charge on any atom is 0.391 e. The summed E-state index contributed by atoms with van der Waals surface area (Å²) in [7, 11) is 0. The molecule has 0 aliphatic carbocycles. The van der Waals surface area contributed by atoms with Crippen molar-refractivity contribution < 1.29 is 13.2 Å². The van der Waals surface area contributed by atoms with Crippen molar-refractivity contribution in [2.45, 2.75) is 18.6 Å². The molecule has 0 aromatic heterocycles. The summed E-state index contributed by atoms with van der Waals surface area (Å²) < 4.78 is 38.1. The van der Waals surface area contributed by atoms with Crippen LogP contribution in [0.15, 0.2) is 54.6 Å². The number of alkyl halides is 3. The Kier molecular flexibility index (Phi) is 4.55. The quantitative estimate of drug-likeness (QED) is 0.792. The SMILES string of the molecule is FC(F)(F)CC(Nc1cccc(Cl)c1)c1ccccc1. The molecule has 2 aromatic rings. The second kappa shape index (κ2) is 6.18. The van der Waals surface area contributed by atoms with Crippen LogP contribution in [-0.4, -0.2) is 6.18 Å². The molecule has 1 unspecified atom stereocenters. The highest BCUT2D eigenvalue weighted by Crippen LogP contribution is 2.32. The molecule has 0 radical (unpaired) electrons. The van der Waals surface area contributed by atoms with Crippen LogP contribution in [0.1, 0.15) is 18.0 Å². The van der Waals surface area contributed by atoms with Crippen LogP contribution >= 0.6 is 11.6 Å². The van der Waals surface area contributed by atoms with Crippen LogP contribution < -0.4 is 5.32 Å². The van der Waals surface area contributed by atoms with E-state index in [2.05, 4.69) is 5.32 Å². The average Bonchev–Trinajstić information content (AvgIpc) is 2.37. The van der Waals surface area contributed by atoms with Crippen molar-refractivity contribution in [3.8, 4) is 0 Å². The molecular weight excluding hydrogens is 287 g/mol. The number of halogens is 4. The number of nitrogens with one attached hydrogen (secondary N) is 1. The summed E-state index contributed by atoms with van der Waals surface area (Å²) >= 11 is 5.85. The maximum atomic E-state index is 12.7. The molecule has 0 spiro atoms. The average molecular weight is 300 g/mol. The van der Waals surface area contributed by atoms with Crippen molar-refractivity contribution in [1.82, 2.24) is 0 Å². The predicted octanol–water partition coefficient (Wildman–Crippen LogP) is 5.45. The Hall–Kier alpha value is -1.68. The van der Waals surface area contributed by atoms with Gasteiger partial charge >= 0.3 is 6.18 Å². The summed E-state index contributed by atoms with van der Waals surface area (Å²) in [5, 5.41) is 3.37. The van der Waals surface area contributed by atoms with E-state index in [1.54, 1.807) is 54.6 Å². The molecule has 0 aliphatic heterocycles.